The molecule has 1 aliphatic heterocycles. The first kappa shape index (κ1) is 19.7. The molecule has 0 aliphatic carbocycles. The van der Waals surface area contributed by atoms with Crippen LogP contribution in [0.25, 0.3) is 0 Å². The minimum absolute atomic E-state index is 0.180. The molecular weight excluding hydrogens is 320 g/mol. The molecule has 0 unspecified atom stereocenters. The van der Waals surface area contributed by atoms with Gasteiger partial charge in [0.05, 0.1) is 12.2 Å². The Morgan fingerprint density at radius 1 is 1.36 bits per heavy atom. The predicted octanol–water partition coefficient (Wildman–Crippen LogP) is 1.76. The van der Waals surface area contributed by atoms with Crippen LogP contribution in [0.4, 0.5) is 0 Å². The number of aliphatic hydroxyl groups is 1. The number of ether oxygens (including phenoxy) is 1. The molecule has 0 spiro atoms. The molecule has 1 N–H and O–H groups in total. The van der Waals surface area contributed by atoms with E-state index in [0.717, 1.165) is 5.69 Å². The van der Waals surface area contributed by atoms with E-state index in [-0.39, 0.29) is 29.6 Å². The number of pyridine rings is 1. The third-order valence-corrected chi connectivity index (χ3v) is 5.48. The summed E-state index contributed by atoms with van der Waals surface area (Å²) in [6, 6.07) is 3.47. The molecule has 1 aromatic rings. The van der Waals surface area contributed by atoms with E-state index in [9.17, 15) is 14.7 Å². The highest BCUT2D eigenvalue weighted by molar-refractivity contribution is 5.94. The molecule has 0 radical (unpaired) electrons. The van der Waals surface area contributed by atoms with Crippen LogP contribution >= 0.6 is 0 Å². The molecule has 6 nitrogen and oxygen atoms in total. The van der Waals surface area contributed by atoms with Crippen molar-refractivity contribution < 1.29 is 14.6 Å². The van der Waals surface area contributed by atoms with E-state index in [1.165, 1.54) is 0 Å². The van der Waals surface area contributed by atoms with Gasteiger partial charge in [-0.1, -0.05) is 27.7 Å². The lowest BCUT2D eigenvalue weighted by molar-refractivity contribution is -0.144. The number of carbonyl (C=O) groups is 1. The molecule has 2 heterocycles. The predicted molar refractivity (Wildman–Crippen MR) is 96.9 cm³/mol. The monoisotopic (exact) mass is 350 g/mol. The van der Waals surface area contributed by atoms with Gasteiger partial charge in [-0.2, -0.15) is 0 Å². The van der Waals surface area contributed by atoms with E-state index in [2.05, 4.69) is 0 Å². The third kappa shape index (κ3) is 3.51. The molecular formula is C19H30N2O4. The normalized spacial score (nSPS) is 23.1. The molecule has 1 aliphatic rings. The quantitative estimate of drug-likeness (QED) is 0.898. The maximum atomic E-state index is 12.9. The maximum Gasteiger partial charge on any atom is 0.263 e. The van der Waals surface area contributed by atoms with Gasteiger partial charge in [-0.15, -0.1) is 0 Å². The van der Waals surface area contributed by atoms with Gasteiger partial charge in [-0.25, -0.2) is 0 Å². The van der Waals surface area contributed by atoms with Crippen LogP contribution in [0.5, 0.6) is 0 Å². The molecule has 140 valence electrons. The van der Waals surface area contributed by atoms with Gasteiger partial charge in [0.15, 0.2) is 0 Å². The van der Waals surface area contributed by atoms with E-state index in [0.29, 0.717) is 19.5 Å². The Bertz CT molecular complexity index is 708. The second kappa shape index (κ2) is 6.92. The van der Waals surface area contributed by atoms with Crippen molar-refractivity contribution in [2.45, 2.75) is 45.6 Å². The number of hydrogen-bond acceptors (Lipinski definition) is 4. The minimum Gasteiger partial charge on any atom is -0.387 e. The van der Waals surface area contributed by atoms with E-state index < -0.39 is 11.0 Å². The SMILES string of the molecule is COC[C@]1(O)CCN(C(=O)c2ccc(C(C)C)n(C)c2=O)CC1(C)C. The van der Waals surface area contributed by atoms with Gasteiger partial charge < -0.3 is 19.3 Å². The van der Waals surface area contributed by atoms with Crippen LogP contribution in [0.3, 0.4) is 0 Å². The average Bonchev–Trinajstić information content (AvgIpc) is 2.52. The molecule has 6 heteroatoms. The fourth-order valence-electron chi connectivity index (χ4n) is 3.60. The first-order valence-electron chi connectivity index (χ1n) is 8.74. The van der Waals surface area contributed by atoms with Crippen molar-refractivity contribution in [1.82, 2.24) is 9.47 Å². The van der Waals surface area contributed by atoms with Gasteiger partial charge in [0.2, 0.25) is 0 Å². The molecule has 1 aromatic heterocycles. The third-order valence-electron chi connectivity index (χ3n) is 5.48. The largest absolute Gasteiger partial charge is 0.387 e. The van der Waals surface area contributed by atoms with Crippen LogP contribution in [-0.4, -0.2) is 52.9 Å². The summed E-state index contributed by atoms with van der Waals surface area (Å²) in [4.78, 5) is 27.2. The second-order valence-electron chi connectivity index (χ2n) is 8.02. The van der Waals surface area contributed by atoms with Gasteiger partial charge in [0, 0.05) is 38.4 Å². The van der Waals surface area contributed by atoms with E-state index >= 15 is 0 Å². The first-order chi connectivity index (χ1) is 11.5. The maximum absolute atomic E-state index is 12.9. The number of aromatic nitrogens is 1. The van der Waals surface area contributed by atoms with Crippen molar-refractivity contribution in [3.63, 3.8) is 0 Å². The minimum atomic E-state index is -0.981. The Morgan fingerprint density at radius 3 is 2.52 bits per heavy atom. The second-order valence-corrected chi connectivity index (χ2v) is 8.02. The van der Waals surface area contributed by atoms with Gasteiger partial charge in [-0.3, -0.25) is 9.59 Å². The van der Waals surface area contributed by atoms with Gasteiger partial charge in [-0.05, 0) is 24.5 Å². The molecule has 0 bridgehead atoms. The van der Waals surface area contributed by atoms with Crippen molar-refractivity contribution >= 4 is 5.91 Å². The molecule has 1 amide bonds. The summed E-state index contributed by atoms with van der Waals surface area (Å²) in [5.41, 5.74) is -0.702. The zero-order chi connectivity index (χ0) is 19.0. The summed E-state index contributed by atoms with van der Waals surface area (Å²) in [6.07, 6.45) is 0.421. The van der Waals surface area contributed by atoms with Gasteiger partial charge >= 0.3 is 0 Å². The van der Waals surface area contributed by atoms with E-state index in [1.54, 1.807) is 29.7 Å². The fourth-order valence-corrected chi connectivity index (χ4v) is 3.60. The van der Waals surface area contributed by atoms with Gasteiger partial charge in [0.25, 0.3) is 11.5 Å². The average molecular weight is 350 g/mol. The molecule has 0 saturated carbocycles. The van der Waals surface area contributed by atoms with Crippen LogP contribution < -0.4 is 5.56 Å². The van der Waals surface area contributed by atoms with E-state index in [4.69, 9.17) is 4.74 Å². The summed E-state index contributed by atoms with van der Waals surface area (Å²) >= 11 is 0. The lowest BCUT2D eigenvalue weighted by Gasteiger charge is -2.49. The standard InChI is InChI=1S/C19H30N2O4/c1-13(2)15-8-7-14(16(22)20(15)5)17(23)21-10-9-19(24,12-25-6)18(3,4)11-21/h7-8,13,24H,9-12H2,1-6H3/t19-/m1/s1. The van der Waals surface area contributed by atoms with Crippen LogP contribution in [0.2, 0.25) is 0 Å². The Labute approximate surface area is 149 Å². The molecule has 2 rings (SSSR count). The fraction of sp³-hybridized carbons (Fsp3) is 0.684. The number of likely N-dealkylation sites (tertiary alicyclic amines) is 1. The lowest BCUT2D eigenvalue weighted by Crippen LogP contribution is -2.60. The molecule has 1 saturated heterocycles. The number of hydrogen-bond donors (Lipinski definition) is 1. The Kier molecular flexibility index (Phi) is 5.44. The van der Waals surface area contributed by atoms with Gasteiger partial charge in [0.1, 0.15) is 5.56 Å². The Morgan fingerprint density at radius 2 is 2.00 bits per heavy atom. The number of methoxy groups -OCH3 is 1. The Hall–Kier alpha value is -1.66. The highest BCUT2D eigenvalue weighted by Crippen LogP contribution is 2.39. The van der Waals surface area contributed by atoms with Crippen molar-refractivity contribution in [2.24, 2.45) is 12.5 Å². The number of carbonyl (C=O) groups excluding carboxylic acids is 1. The number of nitrogens with zero attached hydrogens (tertiary/aromatic N) is 2. The number of piperidine rings is 1. The van der Waals surface area contributed by atoms with Crippen molar-refractivity contribution in [3.05, 3.63) is 33.7 Å². The molecule has 1 fully saturated rings. The Balaban J connectivity index is 2.29. The summed E-state index contributed by atoms with van der Waals surface area (Å²) in [7, 11) is 3.26. The van der Waals surface area contributed by atoms with Crippen molar-refractivity contribution in [2.75, 3.05) is 26.8 Å². The van der Waals surface area contributed by atoms with Crippen molar-refractivity contribution in [1.29, 1.82) is 0 Å². The lowest BCUT2D eigenvalue weighted by atomic mass is 9.70. The number of amides is 1. The topological polar surface area (TPSA) is 71.8 Å². The zero-order valence-corrected chi connectivity index (χ0v) is 16.1. The summed E-state index contributed by atoms with van der Waals surface area (Å²) in [5.74, 6) is -0.0664. The van der Waals surface area contributed by atoms with Crippen LogP contribution in [0.15, 0.2) is 16.9 Å². The number of rotatable bonds is 4. The van der Waals surface area contributed by atoms with Crippen LogP contribution in [-0.2, 0) is 11.8 Å². The smallest absolute Gasteiger partial charge is 0.263 e. The van der Waals surface area contributed by atoms with E-state index in [1.807, 2.05) is 33.8 Å². The highest BCUT2D eigenvalue weighted by Gasteiger charge is 2.48. The molecule has 1 atom stereocenters. The zero-order valence-electron chi connectivity index (χ0n) is 16.1. The highest BCUT2D eigenvalue weighted by atomic mass is 16.5. The van der Waals surface area contributed by atoms with Crippen molar-refractivity contribution in [3.8, 4) is 0 Å². The summed E-state index contributed by atoms with van der Waals surface area (Å²) in [5, 5.41) is 10.8. The van der Waals surface area contributed by atoms with Crippen LogP contribution in [0.1, 0.15) is 56.1 Å². The summed E-state index contributed by atoms with van der Waals surface area (Å²) < 4.78 is 6.71. The van der Waals surface area contributed by atoms with Crippen LogP contribution in [0, 0.1) is 5.41 Å². The first-order valence-corrected chi connectivity index (χ1v) is 8.74. The molecule has 25 heavy (non-hydrogen) atoms. The summed E-state index contributed by atoms with van der Waals surface area (Å²) in [6.45, 7) is 8.88. The molecule has 0 aromatic carbocycles.